The van der Waals surface area contributed by atoms with Gasteiger partial charge in [0, 0.05) is 25.9 Å². The molecule has 0 aliphatic carbocycles. The maximum Gasteiger partial charge on any atom is 0.417 e. The Kier molecular flexibility index (Phi) is 5.21. The highest BCUT2D eigenvalue weighted by Gasteiger charge is 2.35. The minimum Gasteiger partial charge on any atom is -0.497 e. The molecule has 1 aromatic carbocycles. The number of nitrogens with one attached hydrogen (secondary N) is 2. The quantitative estimate of drug-likeness (QED) is 0.631. The van der Waals surface area contributed by atoms with Gasteiger partial charge in [-0.25, -0.2) is 9.69 Å². The summed E-state index contributed by atoms with van der Waals surface area (Å²) in [6, 6.07) is 7.12. The maximum absolute atomic E-state index is 12.4. The minimum absolute atomic E-state index is 0. The fourth-order valence-corrected chi connectivity index (χ4v) is 3.32. The molecule has 1 aliphatic rings. The normalized spacial score (nSPS) is 16.0. The monoisotopic (exact) mass is 414 g/mol. The Bertz CT molecular complexity index is 1170. The van der Waals surface area contributed by atoms with Crippen LogP contribution in [0, 0.1) is 6.92 Å². The largest absolute Gasteiger partial charge is 0.497 e. The van der Waals surface area contributed by atoms with Crippen molar-refractivity contribution in [2.24, 2.45) is 0 Å². The van der Waals surface area contributed by atoms with E-state index in [1.165, 1.54) is 4.90 Å². The molecule has 2 N–H and O–H groups in total. The number of benzene rings is 1. The highest BCUT2D eigenvalue weighted by molar-refractivity contribution is 5.88. The Balaban J connectivity index is 0.00000181. The van der Waals surface area contributed by atoms with Crippen LogP contribution in [-0.4, -0.2) is 45.8 Å². The number of H-pyrrole nitrogens is 1. The lowest BCUT2D eigenvalue weighted by Gasteiger charge is -2.18. The lowest BCUT2D eigenvalue weighted by Crippen LogP contribution is -2.34. The molecule has 0 saturated carbocycles. The van der Waals surface area contributed by atoms with Crippen molar-refractivity contribution >= 4 is 28.9 Å². The van der Waals surface area contributed by atoms with Crippen molar-refractivity contribution in [3.8, 4) is 5.75 Å². The lowest BCUT2D eigenvalue weighted by molar-refractivity contribution is 0.178. The van der Waals surface area contributed by atoms with Gasteiger partial charge in [0.1, 0.15) is 18.2 Å². The third kappa shape index (κ3) is 3.76. The van der Waals surface area contributed by atoms with E-state index in [0.717, 1.165) is 17.3 Å². The lowest BCUT2D eigenvalue weighted by atomic mass is 10.1. The number of cyclic esters (lactones) is 1. The molecule has 30 heavy (non-hydrogen) atoms. The summed E-state index contributed by atoms with van der Waals surface area (Å²) in [5.41, 5.74) is 1.03. The summed E-state index contributed by atoms with van der Waals surface area (Å²) in [5, 5.41) is 3.91. The smallest absolute Gasteiger partial charge is 0.417 e. The van der Waals surface area contributed by atoms with E-state index in [1.54, 1.807) is 32.2 Å². The van der Waals surface area contributed by atoms with Crippen molar-refractivity contribution in [2.75, 3.05) is 23.9 Å². The van der Waals surface area contributed by atoms with Crippen LogP contribution in [0.5, 0.6) is 5.75 Å². The predicted molar refractivity (Wildman–Crippen MR) is 115 cm³/mol. The van der Waals surface area contributed by atoms with Gasteiger partial charge in [-0.3, -0.25) is 4.79 Å². The Morgan fingerprint density at radius 1 is 1.30 bits per heavy atom. The van der Waals surface area contributed by atoms with Crippen molar-refractivity contribution in [2.45, 2.75) is 32.9 Å². The SMILES string of the molecule is CC[C@H]1COC(=O)N1c1nc(C)nc(NCc2cc3cc(OC)ccc3[nH]c2=O)n1.[HH].[HH]. The molecule has 0 unspecified atom stereocenters. The van der Waals surface area contributed by atoms with Crippen molar-refractivity contribution in [1.29, 1.82) is 0 Å². The number of ether oxygens (including phenoxy) is 2. The second-order valence-corrected chi connectivity index (χ2v) is 6.95. The number of nitrogens with zero attached hydrogens (tertiary/aromatic N) is 4. The average Bonchev–Trinajstić information content (AvgIpc) is 3.12. The number of hydrogen-bond donors (Lipinski definition) is 2. The summed E-state index contributed by atoms with van der Waals surface area (Å²) >= 11 is 0. The van der Waals surface area contributed by atoms with Gasteiger partial charge < -0.3 is 19.8 Å². The van der Waals surface area contributed by atoms with Gasteiger partial charge in [0.05, 0.1) is 13.2 Å². The summed E-state index contributed by atoms with van der Waals surface area (Å²) in [7, 11) is 1.59. The molecular formula is C20H26N6O4. The molecule has 0 spiro atoms. The zero-order valence-corrected chi connectivity index (χ0v) is 16.9. The number of hydrogen-bond acceptors (Lipinski definition) is 8. The summed E-state index contributed by atoms with van der Waals surface area (Å²) in [4.78, 5) is 41.7. The molecule has 3 aromatic rings. The van der Waals surface area contributed by atoms with Crippen LogP contribution in [-0.2, 0) is 11.3 Å². The van der Waals surface area contributed by atoms with E-state index in [0.29, 0.717) is 23.7 Å². The molecule has 10 nitrogen and oxygen atoms in total. The first-order valence-electron chi connectivity index (χ1n) is 9.61. The van der Waals surface area contributed by atoms with Crippen LogP contribution in [0.1, 0.15) is 27.6 Å². The third-order valence-corrected chi connectivity index (χ3v) is 4.95. The van der Waals surface area contributed by atoms with Crippen molar-refractivity contribution in [3.63, 3.8) is 0 Å². The molecule has 1 aliphatic heterocycles. The van der Waals surface area contributed by atoms with Gasteiger partial charge in [-0.2, -0.15) is 15.0 Å². The molecule has 0 bridgehead atoms. The number of aryl methyl sites for hydroxylation is 1. The van der Waals surface area contributed by atoms with E-state index in [9.17, 15) is 9.59 Å². The first-order chi connectivity index (χ1) is 14.5. The summed E-state index contributed by atoms with van der Waals surface area (Å²) in [6.45, 7) is 4.19. The van der Waals surface area contributed by atoms with Crippen LogP contribution in [0.25, 0.3) is 10.9 Å². The fourth-order valence-electron chi connectivity index (χ4n) is 3.32. The molecule has 2 aromatic heterocycles. The van der Waals surface area contributed by atoms with E-state index in [-0.39, 0.29) is 32.9 Å². The third-order valence-electron chi connectivity index (χ3n) is 4.95. The van der Waals surface area contributed by atoms with Crippen molar-refractivity contribution in [3.05, 3.63) is 46.0 Å². The van der Waals surface area contributed by atoms with Crippen molar-refractivity contribution < 1.29 is 17.1 Å². The number of fused-ring (bicyclic) bond motifs is 1. The number of carbonyl (C=O) groups is 1. The highest BCUT2D eigenvalue weighted by Crippen LogP contribution is 2.23. The molecule has 10 heteroatoms. The molecular weight excluding hydrogens is 388 g/mol. The van der Waals surface area contributed by atoms with Crippen molar-refractivity contribution in [1.82, 2.24) is 19.9 Å². The van der Waals surface area contributed by atoms with Crippen LogP contribution in [0.2, 0.25) is 0 Å². The van der Waals surface area contributed by atoms with Crippen LogP contribution < -0.4 is 20.5 Å². The second-order valence-electron chi connectivity index (χ2n) is 6.95. The Hall–Kier alpha value is -3.69. The summed E-state index contributed by atoms with van der Waals surface area (Å²) in [6.07, 6.45) is 0.244. The van der Waals surface area contributed by atoms with E-state index < -0.39 is 6.09 Å². The Morgan fingerprint density at radius 3 is 2.90 bits per heavy atom. The number of amides is 1. The number of pyridine rings is 1. The van der Waals surface area contributed by atoms with Gasteiger partial charge in [-0.1, -0.05) is 6.92 Å². The molecule has 0 radical (unpaired) electrons. The number of anilines is 2. The van der Waals surface area contributed by atoms with Gasteiger partial charge in [0.2, 0.25) is 11.9 Å². The Labute approximate surface area is 175 Å². The maximum atomic E-state index is 12.4. The fraction of sp³-hybridized carbons (Fsp3) is 0.350. The summed E-state index contributed by atoms with van der Waals surface area (Å²) in [5.74, 6) is 1.66. The molecule has 4 rings (SSSR count). The van der Waals surface area contributed by atoms with Gasteiger partial charge in [-0.15, -0.1) is 0 Å². The number of carbonyl (C=O) groups excluding carboxylic acids is 1. The molecule has 1 saturated heterocycles. The van der Waals surface area contributed by atoms with E-state index >= 15 is 0 Å². The minimum atomic E-state index is -0.474. The van der Waals surface area contributed by atoms with E-state index in [4.69, 9.17) is 9.47 Å². The first-order valence-corrected chi connectivity index (χ1v) is 9.61. The zero-order valence-electron chi connectivity index (χ0n) is 16.9. The second kappa shape index (κ2) is 7.97. The number of aromatic amines is 1. The van der Waals surface area contributed by atoms with Crippen LogP contribution >= 0.6 is 0 Å². The van der Waals surface area contributed by atoms with Crippen LogP contribution in [0.3, 0.4) is 0 Å². The molecule has 1 atom stereocenters. The van der Waals surface area contributed by atoms with E-state index in [2.05, 4.69) is 25.3 Å². The number of rotatable bonds is 6. The average molecular weight is 414 g/mol. The predicted octanol–water partition coefficient (Wildman–Crippen LogP) is 2.87. The van der Waals surface area contributed by atoms with Gasteiger partial charge >= 0.3 is 6.09 Å². The van der Waals surface area contributed by atoms with Gasteiger partial charge in [-0.05, 0) is 37.6 Å². The molecule has 1 fully saturated rings. The number of aromatic nitrogens is 4. The van der Waals surface area contributed by atoms with Crippen LogP contribution in [0.4, 0.5) is 16.7 Å². The zero-order chi connectivity index (χ0) is 21.3. The topological polar surface area (TPSA) is 122 Å². The van der Waals surface area contributed by atoms with Gasteiger partial charge in [0.15, 0.2) is 0 Å². The van der Waals surface area contributed by atoms with E-state index in [1.807, 2.05) is 13.0 Å². The van der Waals surface area contributed by atoms with Gasteiger partial charge in [0.25, 0.3) is 5.56 Å². The Morgan fingerprint density at radius 2 is 2.13 bits per heavy atom. The molecule has 3 heterocycles. The number of methoxy groups -OCH3 is 1. The van der Waals surface area contributed by atoms with Crippen LogP contribution in [0.15, 0.2) is 29.1 Å². The first kappa shape index (κ1) is 19.6. The highest BCUT2D eigenvalue weighted by atomic mass is 16.6. The summed E-state index contributed by atoms with van der Waals surface area (Å²) < 4.78 is 10.4. The standard InChI is InChI=1S/C20H22N6O4.2H2/c1-4-14-10-30-20(28)26(14)19-23-11(2)22-18(25-19)21-9-13-7-12-8-15(29-3)5-6-16(12)24-17(13)27;;/h5-8,14H,4,9-10H2,1-3H3,(H,24,27)(H,21,22,23,25);2*1H/t14-;;/m0../s1. The molecule has 160 valence electrons. The molecule has 1 amide bonds.